The molecular weight excluding hydrogens is 416 g/mol. The molecule has 2 aromatic heterocycles. The lowest BCUT2D eigenvalue weighted by molar-refractivity contribution is -0.125. The minimum atomic E-state index is -0.678. The number of amides is 2. The van der Waals surface area contributed by atoms with E-state index in [2.05, 4.69) is 28.6 Å². The highest BCUT2D eigenvalue weighted by Crippen LogP contribution is 2.28. The molecule has 7 heteroatoms. The Balaban J connectivity index is 1.47. The number of fused-ring (bicyclic) bond motifs is 2. The van der Waals surface area contributed by atoms with Gasteiger partial charge in [-0.15, -0.1) is 0 Å². The number of furan rings is 1. The van der Waals surface area contributed by atoms with Gasteiger partial charge in [-0.05, 0) is 44.0 Å². The van der Waals surface area contributed by atoms with Crippen molar-refractivity contribution in [3.05, 3.63) is 65.1 Å². The Morgan fingerprint density at radius 3 is 2.88 bits per heavy atom. The van der Waals surface area contributed by atoms with E-state index in [0.29, 0.717) is 18.9 Å². The topological polar surface area (TPSA) is 87.5 Å². The molecule has 0 unspecified atom stereocenters. The third-order valence-electron chi connectivity index (χ3n) is 5.97. The van der Waals surface area contributed by atoms with E-state index in [0.717, 1.165) is 40.7 Å². The zero-order valence-electron chi connectivity index (χ0n) is 19.6. The van der Waals surface area contributed by atoms with Gasteiger partial charge in [-0.25, -0.2) is 4.98 Å². The molecule has 172 valence electrons. The highest BCUT2D eigenvalue weighted by atomic mass is 16.3. The normalized spacial score (nSPS) is 15.3. The van der Waals surface area contributed by atoms with Gasteiger partial charge in [0.1, 0.15) is 17.2 Å². The minimum Gasteiger partial charge on any atom is -0.459 e. The van der Waals surface area contributed by atoms with Crippen LogP contribution in [0.1, 0.15) is 49.6 Å². The van der Waals surface area contributed by atoms with Crippen molar-refractivity contribution in [2.24, 2.45) is 0 Å². The van der Waals surface area contributed by atoms with Crippen LogP contribution in [-0.4, -0.2) is 34.3 Å². The number of carbonyl (C=O) groups is 2. The average molecular weight is 447 g/mol. The van der Waals surface area contributed by atoms with Crippen LogP contribution in [0, 0.1) is 0 Å². The number of nitrogens with one attached hydrogen (secondary N) is 2. The number of para-hydroxylation sites is 1. The van der Waals surface area contributed by atoms with Crippen molar-refractivity contribution in [1.29, 1.82) is 0 Å². The molecular formula is C26H30N4O3. The molecule has 0 saturated heterocycles. The minimum absolute atomic E-state index is 0.123. The summed E-state index contributed by atoms with van der Waals surface area (Å²) in [7, 11) is 1.77. The maximum absolute atomic E-state index is 12.8. The molecule has 4 rings (SSSR count). The fourth-order valence-corrected chi connectivity index (χ4v) is 3.92. The van der Waals surface area contributed by atoms with Gasteiger partial charge < -0.3 is 14.6 Å². The molecule has 2 N–H and O–H groups in total. The van der Waals surface area contributed by atoms with Crippen LogP contribution in [0.5, 0.6) is 0 Å². The summed E-state index contributed by atoms with van der Waals surface area (Å²) in [5.74, 6) is 1.13. The lowest BCUT2D eigenvalue weighted by Crippen LogP contribution is -2.47. The monoisotopic (exact) mass is 446 g/mol. The molecule has 7 nitrogen and oxygen atoms in total. The number of nitrogens with zero attached hydrogens (tertiary/aromatic N) is 2. The summed E-state index contributed by atoms with van der Waals surface area (Å²) in [6.07, 6.45) is 6.85. The molecule has 0 spiro atoms. The van der Waals surface area contributed by atoms with E-state index in [1.54, 1.807) is 24.2 Å². The van der Waals surface area contributed by atoms with Crippen molar-refractivity contribution >= 4 is 34.7 Å². The summed E-state index contributed by atoms with van der Waals surface area (Å²) >= 11 is 0. The first-order chi connectivity index (χ1) is 15.8. The Hall–Kier alpha value is -3.45. The fourth-order valence-electron chi connectivity index (χ4n) is 3.92. The Kier molecular flexibility index (Phi) is 6.33. The maximum Gasteiger partial charge on any atom is 0.246 e. The number of likely N-dealkylation sites (N-methyl/N-ethyl adjacent to an activating group) is 1. The maximum atomic E-state index is 12.8. The van der Waals surface area contributed by atoms with Crippen LogP contribution in [0.4, 0.5) is 5.82 Å². The van der Waals surface area contributed by atoms with Crippen LogP contribution < -0.4 is 10.6 Å². The summed E-state index contributed by atoms with van der Waals surface area (Å²) in [5, 5.41) is 7.20. The zero-order valence-corrected chi connectivity index (χ0v) is 19.6. The van der Waals surface area contributed by atoms with Gasteiger partial charge in [0, 0.05) is 42.4 Å². The molecule has 33 heavy (non-hydrogen) atoms. The number of anilines is 1. The molecule has 1 aliphatic heterocycles. The molecule has 1 aliphatic rings. The van der Waals surface area contributed by atoms with Crippen LogP contribution in [0.2, 0.25) is 0 Å². The molecule has 0 radical (unpaired) electrons. The SMILES string of the molecule is CCCc1c(CN(C)C(=O)C=Cc2cnc3c(c2)CNC(C)(C)C(=O)N3)oc2ccccc12. The molecule has 0 atom stereocenters. The highest BCUT2D eigenvalue weighted by Gasteiger charge is 2.30. The first-order valence-corrected chi connectivity index (χ1v) is 11.3. The molecule has 1 aromatic carbocycles. The van der Waals surface area contributed by atoms with Gasteiger partial charge in [0.15, 0.2) is 0 Å². The summed E-state index contributed by atoms with van der Waals surface area (Å²) in [6, 6.07) is 9.93. The van der Waals surface area contributed by atoms with Crippen molar-refractivity contribution in [2.45, 2.75) is 52.2 Å². The molecule has 0 saturated carbocycles. The lowest BCUT2D eigenvalue weighted by atomic mass is 10.1. The Bertz CT molecular complexity index is 1230. The van der Waals surface area contributed by atoms with Gasteiger partial charge in [-0.1, -0.05) is 31.5 Å². The van der Waals surface area contributed by atoms with Gasteiger partial charge >= 0.3 is 0 Å². The molecule has 2 amide bonds. The average Bonchev–Trinajstić information content (AvgIpc) is 3.08. The quantitative estimate of drug-likeness (QED) is 0.552. The van der Waals surface area contributed by atoms with Crippen LogP contribution >= 0.6 is 0 Å². The van der Waals surface area contributed by atoms with E-state index in [-0.39, 0.29) is 11.8 Å². The van der Waals surface area contributed by atoms with Crippen LogP contribution in [0.3, 0.4) is 0 Å². The zero-order chi connectivity index (χ0) is 23.6. The standard InChI is InChI=1S/C26H30N4O3/c1-5-8-19-20-9-6-7-10-21(20)33-22(19)16-30(4)23(31)12-11-17-13-18-15-28-26(2,3)25(32)29-24(18)27-14-17/h6-7,9-14,28H,5,8,15-16H2,1-4H3,(H,27,29,32). The first-order valence-electron chi connectivity index (χ1n) is 11.3. The summed E-state index contributed by atoms with van der Waals surface area (Å²) in [4.78, 5) is 31.1. The van der Waals surface area contributed by atoms with Gasteiger partial charge in [0.25, 0.3) is 0 Å². The number of hydrogen-bond donors (Lipinski definition) is 2. The van der Waals surface area contributed by atoms with E-state index in [1.165, 1.54) is 11.6 Å². The summed E-state index contributed by atoms with van der Waals surface area (Å²) in [6.45, 7) is 6.71. The number of hydrogen-bond acceptors (Lipinski definition) is 5. The molecule has 3 heterocycles. The number of carbonyl (C=O) groups excluding carboxylic acids is 2. The molecule has 3 aromatic rings. The number of pyridine rings is 1. The van der Waals surface area contributed by atoms with E-state index in [9.17, 15) is 9.59 Å². The van der Waals surface area contributed by atoms with Gasteiger partial charge in [0.05, 0.1) is 12.1 Å². The van der Waals surface area contributed by atoms with Gasteiger partial charge in [-0.3, -0.25) is 14.9 Å². The first kappa shape index (κ1) is 22.7. The molecule has 0 fully saturated rings. The smallest absolute Gasteiger partial charge is 0.246 e. The fraction of sp³-hybridized carbons (Fsp3) is 0.346. The molecule has 0 aliphatic carbocycles. The number of aryl methyl sites for hydroxylation is 1. The van der Waals surface area contributed by atoms with Crippen LogP contribution in [-0.2, 0) is 29.1 Å². The van der Waals surface area contributed by atoms with E-state index < -0.39 is 5.54 Å². The number of aromatic nitrogens is 1. The Morgan fingerprint density at radius 2 is 2.09 bits per heavy atom. The third kappa shape index (κ3) is 4.83. The van der Waals surface area contributed by atoms with Gasteiger partial charge in [0.2, 0.25) is 11.8 Å². The van der Waals surface area contributed by atoms with Crippen LogP contribution in [0.15, 0.2) is 47.0 Å². The summed E-state index contributed by atoms with van der Waals surface area (Å²) in [5.41, 5.74) is 3.02. The number of rotatable bonds is 6. The molecule has 0 bridgehead atoms. The predicted octanol–water partition coefficient (Wildman–Crippen LogP) is 4.27. The second kappa shape index (κ2) is 9.19. The lowest BCUT2D eigenvalue weighted by Gasteiger charge is -2.21. The van der Waals surface area contributed by atoms with Crippen LogP contribution in [0.25, 0.3) is 17.0 Å². The third-order valence-corrected chi connectivity index (χ3v) is 5.97. The van der Waals surface area contributed by atoms with E-state index >= 15 is 0 Å². The van der Waals surface area contributed by atoms with Crippen molar-refractivity contribution in [2.75, 3.05) is 12.4 Å². The van der Waals surface area contributed by atoms with Crippen molar-refractivity contribution in [3.63, 3.8) is 0 Å². The largest absolute Gasteiger partial charge is 0.459 e. The van der Waals surface area contributed by atoms with Crippen molar-refractivity contribution in [3.8, 4) is 0 Å². The second-order valence-electron chi connectivity index (χ2n) is 8.99. The second-order valence-corrected chi connectivity index (χ2v) is 8.99. The van der Waals surface area contributed by atoms with E-state index in [4.69, 9.17) is 4.42 Å². The van der Waals surface area contributed by atoms with Crippen molar-refractivity contribution < 1.29 is 14.0 Å². The Labute approximate surface area is 193 Å². The highest BCUT2D eigenvalue weighted by molar-refractivity contribution is 5.98. The summed E-state index contributed by atoms with van der Waals surface area (Å²) < 4.78 is 6.07. The predicted molar refractivity (Wildman–Crippen MR) is 130 cm³/mol. The number of benzene rings is 1. The van der Waals surface area contributed by atoms with Gasteiger partial charge in [-0.2, -0.15) is 0 Å². The van der Waals surface area contributed by atoms with Crippen molar-refractivity contribution in [1.82, 2.24) is 15.2 Å². The Morgan fingerprint density at radius 1 is 1.30 bits per heavy atom. The van der Waals surface area contributed by atoms with E-state index in [1.807, 2.05) is 38.1 Å².